The molecular weight excluding hydrogens is 384 g/mol. The molecule has 0 bridgehead atoms. The Morgan fingerprint density at radius 1 is 1.00 bits per heavy atom. The molecule has 29 heavy (non-hydrogen) atoms. The van der Waals surface area contributed by atoms with Crippen LogP contribution >= 0.6 is 11.8 Å². The minimum atomic E-state index is -0.366. The molecule has 0 spiro atoms. The van der Waals surface area contributed by atoms with Gasteiger partial charge in [0, 0.05) is 26.3 Å². The third kappa shape index (κ3) is 6.18. The molecule has 3 aromatic rings. The summed E-state index contributed by atoms with van der Waals surface area (Å²) in [5.74, 6) is 0.909. The van der Waals surface area contributed by atoms with Gasteiger partial charge in [0.25, 0.3) is 0 Å². The number of nitrogens with zero attached hydrogens (tertiary/aromatic N) is 4. The van der Waals surface area contributed by atoms with Crippen LogP contribution in [0, 0.1) is 0 Å². The highest BCUT2D eigenvalue weighted by molar-refractivity contribution is 8.00. The molecule has 7 nitrogen and oxygen atoms in total. The Morgan fingerprint density at radius 3 is 2.31 bits per heavy atom. The van der Waals surface area contributed by atoms with Gasteiger partial charge in [-0.15, -0.1) is 0 Å². The summed E-state index contributed by atoms with van der Waals surface area (Å²) in [5, 5.41) is 6.27. The topological polar surface area (TPSA) is 83.0 Å². The first-order chi connectivity index (χ1) is 14.0. The fourth-order valence-electron chi connectivity index (χ4n) is 2.43. The molecule has 0 aliphatic carbocycles. The molecule has 2 aromatic carbocycles. The fourth-order valence-corrected chi connectivity index (χ4v) is 3.19. The first kappa shape index (κ1) is 20.6. The molecule has 0 saturated carbocycles. The number of thioether (sulfide) groups is 1. The van der Waals surface area contributed by atoms with E-state index in [9.17, 15) is 4.79 Å². The van der Waals surface area contributed by atoms with Gasteiger partial charge >= 0.3 is 0 Å². The minimum absolute atomic E-state index is 0.105. The third-order valence-electron chi connectivity index (χ3n) is 3.99. The average Bonchev–Trinajstić information content (AvgIpc) is 2.73. The van der Waals surface area contributed by atoms with Crippen molar-refractivity contribution in [1.82, 2.24) is 15.0 Å². The Morgan fingerprint density at radius 2 is 1.66 bits per heavy atom. The summed E-state index contributed by atoms with van der Waals surface area (Å²) in [6.07, 6.45) is 0. The molecule has 2 N–H and O–H groups in total. The van der Waals surface area contributed by atoms with Crippen LogP contribution in [0.5, 0.6) is 0 Å². The van der Waals surface area contributed by atoms with Crippen LogP contribution in [0.1, 0.15) is 12.5 Å². The van der Waals surface area contributed by atoms with Crippen molar-refractivity contribution in [2.24, 2.45) is 0 Å². The summed E-state index contributed by atoms with van der Waals surface area (Å²) in [7, 11) is 3.74. The second-order valence-electron chi connectivity index (χ2n) is 6.59. The largest absolute Gasteiger partial charge is 0.350 e. The third-order valence-corrected chi connectivity index (χ3v) is 4.95. The number of carbonyl (C=O) groups is 1. The smallest absolute Gasteiger partial charge is 0.237 e. The maximum Gasteiger partial charge on any atom is 0.237 e. The van der Waals surface area contributed by atoms with Gasteiger partial charge in [0.05, 0.1) is 5.25 Å². The van der Waals surface area contributed by atoms with Gasteiger partial charge in [0.1, 0.15) is 0 Å². The molecule has 0 saturated heterocycles. The molecular formula is C21H24N6OS. The normalized spacial score (nSPS) is 11.6. The monoisotopic (exact) mass is 408 g/mol. The maximum absolute atomic E-state index is 12.5. The quantitative estimate of drug-likeness (QED) is 0.550. The predicted molar refractivity (Wildman–Crippen MR) is 118 cm³/mol. The SMILES string of the molecule is C[C@@H](Sc1nc(NCc2ccccc2)nc(N(C)C)n1)C(=O)Nc1ccccc1. The summed E-state index contributed by atoms with van der Waals surface area (Å²) < 4.78 is 0. The van der Waals surface area contributed by atoms with Crippen LogP contribution in [-0.2, 0) is 11.3 Å². The lowest BCUT2D eigenvalue weighted by molar-refractivity contribution is -0.115. The molecule has 1 aromatic heterocycles. The first-order valence-corrected chi connectivity index (χ1v) is 10.1. The fraction of sp³-hybridized carbons (Fsp3) is 0.238. The Hall–Kier alpha value is -3.13. The van der Waals surface area contributed by atoms with Crippen LogP contribution in [0.3, 0.4) is 0 Å². The number of carbonyl (C=O) groups excluding carboxylic acids is 1. The number of aromatic nitrogens is 3. The number of hydrogen-bond donors (Lipinski definition) is 2. The molecule has 3 rings (SSSR count). The molecule has 0 aliphatic rings. The van der Waals surface area contributed by atoms with Crippen molar-refractivity contribution in [3.05, 3.63) is 66.2 Å². The number of nitrogens with one attached hydrogen (secondary N) is 2. The molecule has 150 valence electrons. The summed E-state index contributed by atoms with van der Waals surface area (Å²) in [5.41, 5.74) is 1.89. The van der Waals surface area contributed by atoms with E-state index in [2.05, 4.69) is 25.6 Å². The van der Waals surface area contributed by atoms with Crippen molar-refractivity contribution in [3.63, 3.8) is 0 Å². The average molecular weight is 409 g/mol. The van der Waals surface area contributed by atoms with Crippen LogP contribution < -0.4 is 15.5 Å². The minimum Gasteiger partial charge on any atom is -0.350 e. The molecule has 0 unspecified atom stereocenters. The molecule has 0 radical (unpaired) electrons. The van der Waals surface area contributed by atoms with Crippen molar-refractivity contribution in [1.29, 1.82) is 0 Å². The van der Waals surface area contributed by atoms with Gasteiger partial charge in [0.2, 0.25) is 17.8 Å². The summed E-state index contributed by atoms with van der Waals surface area (Å²) in [6.45, 7) is 2.44. The zero-order chi connectivity index (χ0) is 20.6. The van der Waals surface area contributed by atoms with Gasteiger partial charge < -0.3 is 15.5 Å². The number of para-hydroxylation sites is 1. The van der Waals surface area contributed by atoms with Crippen molar-refractivity contribution < 1.29 is 4.79 Å². The molecule has 8 heteroatoms. The van der Waals surface area contributed by atoms with Gasteiger partial charge in [-0.3, -0.25) is 4.79 Å². The van der Waals surface area contributed by atoms with Gasteiger partial charge in [-0.25, -0.2) is 0 Å². The molecule has 1 atom stereocenters. The highest BCUT2D eigenvalue weighted by Crippen LogP contribution is 2.23. The highest BCUT2D eigenvalue weighted by Gasteiger charge is 2.18. The van der Waals surface area contributed by atoms with Crippen LogP contribution in [-0.4, -0.2) is 40.2 Å². The van der Waals surface area contributed by atoms with Gasteiger partial charge in [-0.1, -0.05) is 60.3 Å². The second-order valence-corrected chi connectivity index (χ2v) is 7.90. The molecule has 1 amide bonds. The zero-order valence-corrected chi connectivity index (χ0v) is 17.5. The van der Waals surface area contributed by atoms with Crippen LogP contribution in [0.25, 0.3) is 0 Å². The number of rotatable bonds is 8. The Kier molecular flexibility index (Phi) is 7.02. The summed E-state index contributed by atoms with van der Waals surface area (Å²) in [6, 6.07) is 19.4. The van der Waals surface area contributed by atoms with E-state index in [4.69, 9.17) is 0 Å². The van der Waals surface area contributed by atoms with Crippen molar-refractivity contribution >= 4 is 35.3 Å². The number of hydrogen-bond acceptors (Lipinski definition) is 7. The van der Waals surface area contributed by atoms with E-state index in [0.717, 1.165) is 11.3 Å². The zero-order valence-electron chi connectivity index (χ0n) is 16.7. The first-order valence-electron chi connectivity index (χ1n) is 9.25. The van der Waals surface area contributed by atoms with E-state index < -0.39 is 0 Å². The lowest BCUT2D eigenvalue weighted by atomic mass is 10.2. The summed E-state index contributed by atoms with van der Waals surface area (Å²) >= 11 is 1.30. The van der Waals surface area contributed by atoms with E-state index in [1.54, 1.807) is 0 Å². The lowest BCUT2D eigenvalue weighted by Crippen LogP contribution is -2.23. The van der Waals surface area contributed by atoms with Crippen LogP contribution in [0.4, 0.5) is 17.6 Å². The van der Waals surface area contributed by atoms with Crippen molar-refractivity contribution in [2.45, 2.75) is 23.9 Å². The van der Waals surface area contributed by atoms with Crippen LogP contribution in [0.15, 0.2) is 65.8 Å². The Bertz CT molecular complexity index is 936. The van der Waals surface area contributed by atoms with E-state index in [1.165, 1.54) is 11.8 Å². The Balaban J connectivity index is 1.70. The van der Waals surface area contributed by atoms with Gasteiger partial charge in [-0.05, 0) is 24.6 Å². The van der Waals surface area contributed by atoms with E-state index >= 15 is 0 Å². The molecule has 0 fully saturated rings. The van der Waals surface area contributed by atoms with Crippen molar-refractivity contribution in [3.8, 4) is 0 Å². The maximum atomic E-state index is 12.5. The standard InChI is InChI=1S/C21H24N6OS/c1-15(18(28)23-17-12-8-5-9-13-17)29-21-25-19(24-20(26-21)27(2)3)22-14-16-10-6-4-7-11-16/h4-13,15H,14H2,1-3H3,(H,23,28)(H,22,24,25,26)/t15-/m1/s1. The van der Waals surface area contributed by atoms with E-state index in [1.807, 2.05) is 86.6 Å². The van der Waals surface area contributed by atoms with Crippen LogP contribution in [0.2, 0.25) is 0 Å². The van der Waals surface area contributed by atoms with Crippen molar-refractivity contribution in [2.75, 3.05) is 29.6 Å². The van der Waals surface area contributed by atoms with Gasteiger partial charge in [-0.2, -0.15) is 15.0 Å². The lowest BCUT2D eigenvalue weighted by Gasteiger charge is -2.15. The van der Waals surface area contributed by atoms with Gasteiger partial charge in [0.15, 0.2) is 5.16 Å². The summed E-state index contributed by atoms with van der Waals surface area (Å²) in [4.78, 5) is 27.7. The number of anilines is 3. The Labute approximate surface area is 175 Å². The molecule has 1 heterocycles. The number of amides is 1. The highest BCUT2D eigenvalue weighted by atomic mass is 32.2. The predicted octanol–water partition coefficient (Wildman–Crippen LogP) is 3.67. The van der Waals surface area contributed by atoms with E-state index in [0.29, 0.717) is 23.6 Å². The number of benzene rings is 2. The van der Waals surface area contributed by atoms with E-state index in [-0.39, 0.29) is 11.2 Å². The second kappa shape index (κ2) is 9.88. The molecule has 0 aliphatic heterocycles.